The molecular weight excluding hydrogens is 396 g/mol. The Morgan fingerprint density at radius 2 is 1.79 bits per heavy atom. The SMILES string of the molecule is COc1ccc(/C=C/C(=O)Nc2nc(-c3ccc(S(C)(=O)=O)cc3)cs2)cc1. The minimum absolute atomic E-state index is 0.253. The van der Waals surface area contributed by atoms with Gasteiger partial charge in [0, 0.05) is 23.3 Å². The molecule has 1 heterocycles. The highest BCUT2D eigenvalue weighted by Gasteiger charge is 2.09. The lowest BCUT2D eigenvalue weighted by Gasteiger charge is -2.00. The number of carbonyl (C=O) groups is 1. The molecule has 0 saturated heterocycles. The van der Waals surface area contributed by atoms with E-state index in [1.54, 1.807) is 42.8 Å². The average molecular weight is 415 g/mol. The Bertz CT molecular complexity index is 1100. The highest BCUT2D eigenvalue weighted by atomic mass is 32.2. The van der Waals surface area contributed by atoms with Crippen LogP contribution in [0, 0.1) is 0 Å². The van der Waals surface area contributed by atoms with Gasteiger partial charge in [0.1, 0.15) is 5.75 Å². The number of carbonyl (C=O) groups excluding carboxylic acids is 1. The standard InChI is InChI=1S/C20H18N2O4S2/c1-26-16-8-3-14(4-9-16)5-12-19(23)22-20-21-18(13-27-20)15-6-10-17(11-7-15)28(2,24)25/h3-13H,1-2H3,(H,21,22,23)/b12-5+. The summed E-state index contributed by atoms with van der Waals surface area (Å²) in [7, 11) is -1.64. The minimum atomic E-state index is -3.24. The van der Waals surface area contributed by atoms with E-state index in [-0.39, 0.29) is 10.8 Å². The molecule has 0 aliphatic carbocycles. The van der Waals surface area contributed by atoms with Gasteiger partial charge in [-0.25, -0.2) is 13.4 Å². The van der Waals surface area contributed by atoms with Crippen molar-refractivity contribution in [3.63, 3.8) is 0 Å². The second-order valence-electron chi connectivity index (χ2n) is 5.93. The second kappa shape index (κ2) is 8.37. The van der Waals surface area contributed by atoms with Crippen molar-refractivity contribution >= 4 is 38.3 Å². The molecule has 0 fully saturated rings. The molecule has 0 radical (unpaired) electrons. The van der Waals surface area contributed by atoms with E-state index in [0.717, 1.165) is 23.1 Å². The van der Waals surface area contributed by atoms with Gasteiger partial charge in [0.15, 0.2) is 15.0 Å². The van der Waals surface area contributed by atoms with Gasteiger partial charge in [0.05, 0.1) is 17.7 Å². The van der Waals surface area contributed by atoms with Gasteiger partial charge < -0.3 is 4.74 Å². The molecule has 1 aromatic heterocycles. The minimum Gasteiger partial charge on any atom is -0.497 e. The third-order valence-corrected chi connectivity index (χ3v) is 5.74. The molecule has 0 aliphatic rings. The van der Waals surface area contributed by atoms with Crippen LogP contribution < -0.4 is 10.1 Å². The zero-order valence-corrected chi connectivity index (χ0v) is 16.9. The van der Waals surface area contributed by atoms with E-state index in [4.69, 9.17) is 4.74 Å². The van der Waals surface area contributed by atoms with Crippen LogP contribution in [0.5, 0.6) is 5.75 Å². The molecule has 0 bridgehead atoms. The number of hydrogen-bond donors (Lipinski definition) is 1. The lowest BCUT2D eigenvalue weighted by molar-refractivity contribution is -0.111. The smallest absolute Gasteiger partial charge is 0.250 e. The number of nitrogens with one attached hydrogen (secondary N) is 1. The molecule has 144 valence electrons. The molecule has 8 heteroatoms. The molecule has 2 aromatic carbocycles. The van der Waals surface area contributed by atoms with Crippen LogP contribution in [-0.4, -0.2) is 32.7 Å². The first-order valence-electron chi connectivity index (χ1n) is 8.24. The second-order valence-corrected chi connectivity index (χ2v) is 8.80. The topological polar surface area (TPSA) is 85.4 Å². The predicted molar refractivity (Wildman–Crippen MR) is 111 cm³/mol. The Morgan fingerprint density at radius 1 is 1.11 bits per heavy atom. The lowest BCUT2D eigenvalue weighted by atomic mass is 10.2. The number of amides is 1. The van der Waals surface area contributed by atoms with Crippen LogP contribution in [0.15, 0.2) is 64.9 Å². The number of thiazole rings is 1. The van der Waals surface area contributed by atoms with Crippen molar-refractivity contribution < 1.29 is 17.9 Å². The van der Waals surface area contributed by atoms with Crippen LogP contribution in [0.4, 0.5) is 5.13 Å². The Labute approximate surface area is 167 Å². The number of aromatic nitrogens is 1. The first-order valence-corrected chi connectivity index (χ1v) is 11.0. The van der Waals surface area contributed by atoms with Crippen LogP contribution in [0.25, 0.3) is 17.3 Å². The third-order valence-electron chi connectivity index (χ3n) is 3.86. The van der Waals surface area contributed by atoms with Crippen LogP contribution >= 0.6 is 11.3 Å². The average Bonchev–Trinajstić information content (AvgIpc) is 3.14. The molecule has 0 spiro atoms. The first kappa shape index (κ1) is 19.8. The van der Waals surface area contributed by atoms with Crippen molar-refractivity contribution in [3.05, 3.63) is 65.6 Å². The summed E-state index contributed by atoms with van der Waals surface area (Å²) in [5, 5.41) is 4.99. The molecule has 0 unspecified atom stereocenters. The molecule has 1 amide bonds. The Hall–Kier alpha value is -2.97. The summed E-state index contributed by atoms with van der Waals surface area (Å²) in [6.07, 6.45) is 4.30. The Balaban J connectivity index is 1.65. The molecule has 3 rings (SSSR count). The summed E-state index contributed by atoms with van der Waals surface area (Å²) < 4.78 is 28.2. The van der Waals surface area contributed by atoms with Gasteiger partial charge in [0.2, 0.25) is 5.91 Å². The zero-order chi connectivity index (χ0) is 20.1. The number of ether oxygens (including phenoxy) is 1. The number of benzene rings is 2. The number of hydrogen-bond acceptors (Lipinski definition) is 6. The van der Waals surface area contributed by atoms with E-state index < -0.39 is 9.84 Å². The molecule has 3 aromatic rings. The summed E-state index contributed by atoms with van der Waals surface area (Å²) in [6.45, 7) is 0. The van der Waals surface area contributed by atoms with Gasteiger partial charge in [-0.2, -0.15) is 0 Å². The third kappa shape index (κ3) is 5.05. The fraction of sp³-hybridized carbons (Fsp3) is 0.100. The Morgan fingerprint density at radius 3 is 2.39 bits per heavy atom. The van der Waals surface area contributed by atoms with E-state index in [0.29, 0.717) is 10.8 Å². The quantitative estimate of drug-likeness (QED) is 0.619. The van der Waals surface area contributed by atoms with Gasteiger partial charge in [-0.15, -0.1) is 11.3 Å². The lowest BCUT2D eigenvalue weighted by Crippen LogP contribution is -2.07. The number of rotatable bonds is 6. The molecule has 6 nitrogen and oxygen atoms in total. The first-order chi connectivity index (χ1) is 13.3. The molecule has 0 aliphatic heterocycles. The zero-order valence-electron chi connectivity index (χ0n) is 15.2. The maximum absolute atomic E-state index is 12.1. The highest BCUT2D eigenvalue weighted by molar-refractivity contribution is 7.90. The van der Waals surface area contributed by atoms with Crippen LogP contribution in [0.1, 0.15) is 5.56 Å². The summed E-state index contributed by atoms with van der Waals surface area (Å²) in [6, 6.07) is 13.8. The van der Waals surface area contributed by atoms with E-state index >= 15 is 0 Å². The summed E-state index contributed by atoms with van der Waals surface area (Å²) in [4.78, 5) is 16.7. The van der Waals surface area contributed by atoms with E-state index in [1.807, 2.05) is 24.3 Å². The highest BCUT2D eigenvalue weighted by Crippen LogP contribution is 2.26. The van der Waals surface area contributed by atoms with Crippen molar-refractivity contribution in [2.75, 3.05) is 18.7 Å². The normalized spacial score (nSPS) is 11.5. The Kier molecular flexibility index (Phi) is 5.91. The van der Waals surface area contributed by atoms with Crippen molar-refractivity contribution in [3.8, 4) is 17.0 Å². The molecule has 28 heavy (non-hydrogen) atoms. The van der Waals surface area contributed by atoms with Gasteiger partial charge in [-0.3, -0.25) is 10.1 Å². The maximum Gasteiger partial charge on any atom is 0.250 e. The van der Waals surface area contributed by atoms with Crippen molar-refractivity contribution in [1.82, 2.24) is 4.98 Å². The van der Waals surface area contributed by atoms with Crippen LogP contribution in [-0.2, 0) is 14.6 Å². The molecule has 0 saturated carbocycles. The van der Waals surface area contributed by atoms with Crippen LogP contribution in [0.3, 0.4) is 0 Å². The summed E-state index contributed by atoms with van der Waals surface area (Å²) in [5.41, 5.74) is 2.32. The van der Waals surface area contributed by atoms with Crippen molar-refractivity contribution in [2.45, 2.75) is 4.90 Å². The summed E-state index contributed by atoms with van der Waals surface area (Å²) in [5.74, 6) is 0.464. The largest absolute Gasteiger partial charge is 0.497 e. The van der Waals surface area contributed by atoms with Gasteiger partial charge in [0.25, 0.3) is 0 Å². The number of sulfone groups is 1. The fourth-order valence-electron chi connectivity index (χ4n) is 2.37. The predicted octanol–water partition coefficient (Wildman–Crippen LogP) is 3.87. The molecule has 0 atom stereocenters. The van der Waals surface area contributed by atoms with E-state index in [2.05, 4.69) is 10.3 Å². The molecule has 1 N–H and O–H groups in total. The van der Waals surface area contributed by atoms with Crippen LogP contribution in [0.2, 0.25) is 0 Å². The van der Waals surface area contributed by atoms with Gasteiger partial charge in [-0.1, -0.05) is 24.3 Å². The molecular formula is C20H18N2O4S2. The number of methoxy groups -OCH3 is 1. The van der Waals surface area contributed by atoms with E-state index in [1.165, 1.54) is 17.4 Å². The fourth-order valence-corrected chi connectivity index (χ4v) is 3.72. The van der Waals surface area contributed by atoms with Gasteiger partial charge in [-0.05, 0) is 35.9 Å². The van der Waals surface area contributed by atoms with Crippen molar-refractivity contribution in [2.24, 2.45) is 0 Å². The van der Waals surface area contributed by atoms with Crippen molar-refractivity contribution in [1.29, 1.82) is 0 Å². The number of anilines is 1. The van der Waals surface area contributed by atoms with E-state index in [9.17, 15) is 13.2 Å². The maximum atomic E-state index is 12.1. The van der Waals surface area contributed by atoms with Gasteiger partial charge >= 0.3 is 0 Å². The monoisotopic (exact) mass is 414 g/mol. The number of nitrogens with zero attached hydrogens (tertiary/aromatic N) is 1. The summed E-state index contributed by atoms with van der Waals surface area (Å²) >= 11 is 1.30.